The van der Waals surface area contributed by atoms with Gasteiger partial charge in [0, 0.05) is 25.5 Å². The summed E-state index contributed by atoms with van der Waals surface area (Å²) in [4.78, 5) is 12.8. The molecule has 0 saturated carbocycles. The predicted octanol–water partition coefficient (Wildman–Crippen LogP) is 0.927. The zero-order chi connectivity index (χ0) is 17.6. The molecule has 1 aliphatic rings. The van der Waals surface area contributed by atoms with E-state index >= 15 is 0 Å². The van der Waals surface area contributed by atoms with Gasteiger partial charge < -0.3 is 14.8 Å². The molecule has 1 saturated heterocycles. The van der Waals surface area contributed by atoms with Crippen LogP contribution in [0.2, 0.25) is 0 Å². The number of nitrogens with zero attached hydrogens (tertiary/aromatic N) is 4. The van der Waals surface area contributed by atoms with Crippen LogP contribution in [-0.4, -0.2) is 53.0 Å². The van der Waals surface area contributed by atoms with Crippen molar-refractivity contribution in [2.24, 2.45) is 5.92 Å². The third-order valence-electron chi connectivity index (χ3n) is 4.41. The van der Waals surface area contributed by atoms with E-state index < -0.39 is 6.04 Å². The number of hydrogen-bond donors (Lipinski definition) is 1. The lowest BCUT2D eigenvalue weighted by molar-refractivity contribution is -0.124. The van der Waals surface area contributed by atoms with E-state index in [2.05, 4.69) is 20.8 Å². The summed E-state index contributed by atoms with van der Waals surface area (Å²) < 4.78 is 12.2. The first-order valence-corrected chi connectivity index (χ1v) is 8.40. The lowest BCUT2D eigenvalue weighted by Gasteiger charge is -2.19. The highest BCUT2D eigenvalue weighted by molar-refractivity contribution is 5.80. The van der Waals surface area contributed by atoms with Crippen LogP contribution in [0.15, 0.2) is 24.3 Å². The molecule has 0 radical (unpaired) electrons. The van der Waals surface area contributed by atoms with Gasteiger partial charge in [0.05, 0.1) is 13.7 Å². The van der Waals surface area contributed by atoms with Crippen LogP contribution >= 0.6 is 0 Å². The van der Waals surface area contributed by atoms with Crippen molar-refractivity contribution in [3.63, 3.8) is 0 Å². The van der Waals surface area contributed by atoms with Crippen LogP contribution in [0, 0.1) is 12.8 Å². The molecule has 0 spiro atoms. The molecule has 2 aromatic rings. The highest BCUT2D eigenvalue weighted by atomic mass is 16.5. The molecule has 8 heteroatoms. The minimum Gasteiger partial charge on any atom is -0.497 e. The Morgan fingerprint density at radius 2 is 2.40 bits per heavy atom. The minimum absolute atomic E-state index is 0.0925. The van der Waals surface area contributed by atoms with Gasteiger partial charge in [-0.05, 0) is 41.5 Å². The molecule has 1 aliphatic heterocycles. The van der Waals surface area contributed by atoms with Crippen LogP contribution in [0.3, 0.4) is 0 Å². The summed E-state index contributed by atoms with van der Waals surface area (Å²) in [6, 6.07) is 7.16. The zero-order valence-electron chi connectivity index (χ0n) is 14.5. The SMILES string of the molecule is COc1cccc(C[C@@H](C(=O)NC[C@H]2CCOC2)n2nnnc2C)c1. The third kappa shape index (κ3) is 4.33. The normalized spacial score (nSPS) is 18.1. The summed E-state index contributed by atoms with van der Waals surface area (Å²) in [6.07, 6.45) is 1.46. The molecule has 0 unspecified atom stereocenters. The Kier molecular flexibility index (Phi) is 5.60. The van der Waals surface area contributed by atoms with Crippen LogP contribution < -0.4 is 10.1 Å². The maximum absolute atomic E-state index is 12.8. The Morgan fingerprint density at radius 3 is 3.08 bits per heavy atom. The Bertz CT molecular complexity index is 712. The number of ether oxygens (including phenoxy) is 2. The van der Waals surface area contributed by atoms with E-state index in [9.17, 15) is 4.79 Å². The molecule has 1 N–H and O–H groups in total. The molecule has 1 fully saturated rings. The zero-order valence-corrected chi connectivity index (χ0v) is 14.5. The van der Waals surface area contributed by atoms with E-state index in [1.54, 1.807) is 18.7 Å². The number of tetrazole rings is 1. The van der Waals surface area contributed by atoms with Gasteiger partial charge in [-0.1, -0.05) is 12.1 Å². The first kappa shape index (κ1) is 17.3. The van der Waals surface area contributed by atoms with E-state index in [0.29, 0.717) is 31.3 Å². The standard InChI is InChI=1S/C17H23N5O3/c1-12-19-20-21-22(12)16(9-13-4-3-5-15(8-13)24-2)17(23)18-10-14-6-7-25-11-14/h3-5,8,14,16H,6-7,9-11H2,1-2H3,(H,18,23)/t14-,16+/m1/s1. The second kappa shape index (κ2) is 8.06. The molecular weight excluding hydrogens is 322 g/mol. The van der Waals surface area contributed by atoms with E-state index in [0.717, 1.165) is 24.3 Å². The molecule has 1 aromatic carbocycles. The Morgan fingerprint density at radius 1 is 1.52 bits per heavy atom. The second-order valence-electron chi connectivity index (χ2n) is 6.22. The average Bonchev–Trinajstić information content (AvgIpc) is 3.29. The van der Waals surface area contributed by atoms with E-state index in [4.69, 9.17) is 9.47 Å². The number of nitrogens with one attached hydrogen (secondary N) is 1. The fourth-order valence-corrected chi connectivity index (χ4v) is 2.95. The fraction of sp³-hybridized carbons (Fsp3) is 0.529. The van der Waals surface area contributed by atoms with Crippen LogP contribution in [0.1, 0.15) is 23.9 Å². The van der Waals surface area contributed by atoms with Crippen LogP contribution in [0.4, 0.5) is 0 Å². The highest BCUT2D eigenvalue weighted by Gasteiger charge is 2.25. The first-order valence-electron chi connectivity index (χ1n) is 8.40. The van der Waals surface area contributed by atoms with Gasteiger partial charge >= 0.3 is 0 Å². The lowest BCUT2D eigenvalue weighted by Crippen LogP contribution is -2.37. The van der Waals surface area contributed by atoms with Crippen molar-refractivity contribution < 1.29 is 14.3 Å². The van der Waals surface area contributed by atoms with Crippen molar-refractivity contribution in [1.82, 2.24) is 25.5 Å². The summed E-state index contributed by atoms with van der Waals surface area (Å²) in [6.45, 7) is 3.86. The van der Waals surface area contributed by atoms with Gasteiger partial charge in [-0.25, -0.2) is 4.68 Å². The number of benzene rings is 1. The van der Waals surface area contributed by atoms with Gasteiger partial charge in [0.15, 0.2) is 0 Å². The smallest absolute Gasteiger partial charge is 0.245 e. The topological polar surface area (TPSA) is 91.2 Å². The number of aromatic nitrogens is 4. The Labute approximate surface area is 146 Å². The fourth-order valence-electron chi connectivity index (χ4n) is 2.95. The Balaban J connectivity index is 1.74. The molecule has 2 heterocycles. The van der Waals surface area contributed by atoms with Crippen molar-refractivity contribution in [3.8, 4) is 5.75 Å². The maximum Gasteiger partial charge on any atom is 0.245 e. The Hall–Kier alpha value is -2.48. The molecule has 3 rings (SSSR count). The quantitative estimate of drug-likeness (QED) is 0.803. The summed E-state index contributed by atoms with van der Waals surface area (Å²) in [7, 11) is 1.62. The maximum atomic E-state index is 12.8. The minimum atomic E-state index is -0.510. The summed E-state index contributed by atoms with van der Waals surface area (Å²) in [5.41, 5.74) is 0.985. The molecular formula is C17H23N5O3. The van der Waals surface area contributed by atoms with E-state index in [1.165, 1.54) is 0 Å². The van der Waals surface area contributed by atoms with Crippen LogP contribution in [0.25, 0.3) is 0 Å². The number of carbonyl (C=O) groups excluding carboxylic acids is 1. The molecule has 2 atom stereocenters. The van der Waals surface area contributed by atoms with Crippen LogP contribution in [0.5, 0.6) is 5.75 Å². The van der Waals surface area contributed by atoms with Crippen molar-refractivity contribution in [1.29, 1.82) is 0 Å². The van der Waals surface area contributed by atoms with Crippen molar-refractivity contribution >= 4 is 5.91 Å². The summed E-state index contributed by atoms with van der Waals surface area (Å²) >= 11 is 0. The second-order valence-corrected chi connectivity index (χ2v) is 6.22. The van der Waals surface area contributed by atoms with Gasteiger partial charge in [-0.2, -0.15) is 0 Å². The highest BCUT2D eigenvalue weighted by Crippen LogP contribution is 2.20. The predicted molar refractivity (Wildman–Crippen MR) is 90.2 cm³/mol. The average molecular weight is 345 g/mol. The third-order valence-corrected chi connectivity index (χ3v) is 4.41. The largest absolute Gasteiger partial charge is 0.497 e. The molecule has 1 amide bonds. The molecule has 0 bridgehead atoms. The molecule has 0 aliphatic carbocycles. The first-order chi connectivity index (χ1) is 12.2. The van der Waals surface area contributed by atoms with Crippen molar-refractivity contribution in [2.75, 3.05) is 26.9 Å². The number of amides is 1. The number of carbonyl (C=O) groups is 1. The van der Waals surface area contributed by atoms with Crippen LogP contribution in [-0.2, 0) is 16.0 Å². The molecule has 1 aromatic heterocycles. The van der Waals surface area contributed by atoms with Gasteiger partial charge in [0.1, 0.15) is 17.6 Å². The molecule has 25 heavy (non-hydrogen) atoms. The number of aryl methyl sites for hydroxylation is 1. The van der Waals surface area contributed by atoms with Crippen molar-refractivity contribution in [3.05, 3.63) is 35.7 Å². The van der Waals surface area contributed by atoms with E-state index in [1.807, 2.05) is 24.3 Å². The molecule has 134 valence electrons. The van der Waals surface area contributed by atoms with Crippen molar-refractivity contribution in [2.45, 2.75) is 25.8 Å². The monoisotopic (exact) mass is 345 g/mol. The summed E-state index contributed by atoms with van der Waals surface area (Å²) in [5, 5.41) is 14.6. The lowest BCUT2D eigenvalue weighted by atomic mass is 10.0. The van der Waals surface area contributed by atoms with Gasteiger partial charge in [0.25, 0.3) is 0 Å². The van der Waals surface area contributed by atoms with Gasteiger partial charge in [-0.15, -0.1) is 5.10 Å². The molecule has 8 nitrogen and oxygen atoms in total. The van der Waals surface area contributed by atoms with E-state index in [-0.39, 0.29) is 5.91 Å². The number of rotatable bonds is 7. The van der Waals surface area contributed by atoms with Gasteiger partial charge in [0.2, 0.25) is 5.91 Å². The number of hydrogen-bond acceptors (Lipinski definition) is 6. The van der Waals surface area contributed by atoms with Gasteiger partial charge in [-0.3, -0.25) is 4.79 Å². The summed E-state index contributed by atoms with van der Waals surface area (Å²) in [5.74, 6) is 1.64. The number of methoxy groups -OCH3 is 1.